The van der Waals surface area contributed by atoms with Crippen molar-refractivity contribution in [1.82, 2.24) is 9.57 Å². The first kappa shape index (κ1) is 29.7. The molecule has 13 heteroatoms. The van der Waals surface area contributed by atoms with Gasteiger partial charge in [-0.1, -0.05) is 36.3 Å². The molecule has 0 bridgehead atoms. The number of halogens is 3. The Hall–Kier alpha value is -0.0100. The van der Waals surface area contributed by atoms with Crippen molar-refractivity contribution in [2.24, 2.45) is 0 Å². The van der Waals surface area contributed by atoms with E-state index in [4.69, 9.17) is 33.7 Å². The molecule has 1 saturated heterocycles. The Morgan fingerprint density at radius 3 is 1.28 bits per heavy atom. The molecule has 0 N–H and O–H groups in total. The van der Waals surface area contributed by atoms with Crippen LogP contribution in [0.25, 0.3) is 0 Å². The average Bonchev–Trinajstić information content (AvgIpc) is 2.46. The average molecular weight is 730 g/mol. The summed E-state index contributed by atoms with van der Waals surface area (Å²) in [6.45, 7) is 3.58. The number of carbonyl (C=O) groups excluding carboxylic acids is 1. The summed E-state index contributed by atoms with van der Waals surface area (Å²) < 4.78 is 33.7. The van der Waals surface area contributed by atoms with Gasteiger partial charge in [-0.3, -0.25) is 4.57 Å². The Balaban J connectivity index is -0.000000319. The Morgan fingerprint density at radius 2 is 1.12 bits per heavy atom. The number of hydrogen-bond acceptors (Lipinski definition) is 4. The van der Waals surface area contributed by atoms with Gasteiger partial charge in [0.15, 0.2) is 13.0 Å². The second-order valence-corrected chi connectivity index (χ2v) is 18.9. The monoisotopic (exact) mass is 728 g/mol. The third kappa shape index (κ3) is 20.2. The first-order valence-electron chi connectivity index (χ1n) is 7.34. The Kier molecular flexibility index (Phi) is 15.7. The van der Waals surface area contributed by atoms with Crippen molar-refractivity contribution in [1.29, 1.82) is 0 Å². The fourth-order valence-corrected chi connectivity index (χ4v) is 2.49. The maximum Gasteiger partial charge on any atom is 0.232 e. The van der Waals surface area contributed by atoms with Crippen LogP contribution in [0.3, 0.4) is 0 Å². The molecule has 3 unspecified atom stereocenters. The van der Waals surface area contributed by atoms with E-state index in [0.29, 0.717) is 38.5 Å². The molecule has 25 heavy (non-hydrogen) atoms. The van der Waals surface area contributed by atoms with Crippen LogP contribution in [0.5, 0.6) is 0 Å². The van der Waals surface area contributed by atoms with Gasteiger partial charge in [0.05, 0.1) is 0 Å². The molecule has 1 fully saturated rings. The molecule has 1 heterocycles. The zero-order valence-corrected chi connectivity index (χ0v) is 26.8. The normalized spacial score (nSPS) is 21.5. The van der Waals surface area contributed by atoms with Crippen molar-refractivity contribution in [3.8, 4) is 0 Å². The van der Waals surface area contributed by atoms with Crippen molar-refractivity contribution in [2.45, 2.75) is 13.8 Å². The summed E-state index contributed by atoms with van der Waals surface area (Å²) in [5, 5.41) is 0. The van der Waals surface area contributed by atoms with Crippen LogP contribution in [0.4, 0.5) is 0 Å². The number of rotatable bonds is 4. The third-order valence-electron chi connectivity index (χ3n) is 3.02. The number of hydrogen-bond donors (Lipinski definition) is 0. The summed E-state index contributed by atoms with van der Waals surface area (Å²) in [5.74, 6) is 0. The molecule has 1 aliphatic rings. The van der Waals surface area contributed by atoms with Crippen LogP contribution in [-0.2, 0) is 18.5 Å². The van der Waals surface area contributed by atoms with Crippen LogP contribution in [0.1, 0.15) is 13.8 Å². The molecule has 3 atom stereocenters. The minimum absolute atomic E-state index is 0. The molecule has 0 saturated carbocycles. The molecular formula is C12H27Cl3N2O4P3Rf-. The van der Waals surface area contributed by atoms with Crippen molar-refractivity contribution in [3.63, 3.8) is 0 Å². The Labute approximate surface area is 160 Å². The summed E-state index contributed by atoms with van der Waals surface area (Å²) in [5.41, 5.74) is 0. The maximum atomic E-state index is 11.3. The summed E-state index contributed by atoms with van der Waals surface area (Å²) >= 11 is 16.2. The van der Waals surface area contributed by atoms with E-state index in [-0.39, 0.29) is 0 Å². The molecule has 148 valence electrons. The topological polar surface area (TPSA) is 74.8 Å². The van der Waals surface area contributed by atoms with E-state index in [0.717, 1.165) is 0 Å². The smallest absolute Gasteiger partial charge is 0.232 e. The molecule has 0 aromatic carbocycles. The van der Waals surface area contributed by atoms with Crippen LogP contribution < -0.4 is 0 Å². The second kappa shape index (κ2) is 13.2. The van der Waals surface area contributed by atoms with E-state index in [1.54, 1.807) is 24.4 Å². The van der Waals surface area contributed by atoms with Gasteiger partial charge < -0.3 is 18.8 Å². The Morgan fingerprint density at radius 1 is 0.840 bits per heavy atom. The second-order valence-electron chi connectivity index (χ2n) is 5.41. The SMILES string of the molecule is CCP(C)(=O)Cl.CCP(C)(=O)Cl.CP(=O)(Cl)N1CCN([C-]=O)CC1.[Rf]. The molecule has 0 radical (unpaired) electrons. The largest absolute Gasteiger partial charge is 0.520 e. The summed E-state index contributed by atoms with van der Waals surface area (Å²) in [7, 11) is 0. The molecule has 0 aromatic heterocycles. The van der Waals surface area contributed by atoms with E-state index >= 15 is 0 Å². The zero-order valence-electron chi connectivity index (χ0n) is 15.5. The van der Waals surface area contributed by atoms with Gasteiger partial charge in [0.2, 0.25) is 6.65 Å². The van der Waals surface area contributed by atoms with Gasteiger partial charge in [0.25, 0.3) is 0 Å². The van der Waals surface area contributed by atoms with E-state index in [2.05, 4.69) is 0 Å². The number of amides is 1. The zero-order chi connectivity index (χ0) is 19.6. The molecular weight excluding hydrogens is 702 g/mol. The van der Waals surface area contributed by atoms with Crippen molar-refractivity contribution >= 4 is 59.8 Å². The first-order chi connectivity index (χ1) is 10.7. The quantitative estimate of drug-likeness (QED) is 0.300. The number of nitrogens with zero attached hydrogens (tertiary/aromatic N) is 2. The molecule has 6 nitrogen and oxygen atoms in total. The molecule has 1 rings (SSSR count). The third-order valence-corrected chi connectivity index (χ3v) is 8.77. The molecule has 0 spiro atoms. The van der Waals surface area contributed by atoms with Gasteiger partial charge in [0.1, 0.15) is 0 Å². The van der Waals surface area contributed by atoms with E-state index in [9.17, 15) is 18.5 Å². The summed E-state index contributed by atoms with van der Waals surface area (Å²) in [6, 6.07) is 0. The first-order valence-corrected chi connectivity index (χ1v) is 16.8. The van der Waals surface area contributed by atoms with Crippen molar-refractivity contribution in [2.75, 3.05) is 58.5 Å². The number of piperazine rings is 1. The predicted molar refractivity (Wildman–Crippen MR) is 108 cm³/mol. The molecule has 1 aliphatic heterocycles. The van der Waals surface area contributed by atoms with Gasteiger partial charge in [-0.05, 0) is 11.2 Å². The van der Waals surface area contributed by atoms with Crippen LogP contribution in [0.15, 0.2) is 0 Å². The van der Waals surface area contributed by atoms with E-state index in [1.807, 2.05) is 13.8 Å². The minimum Gasteiger partial charge on any atom is -0.520 e. The summed E-state index contributed by atoms with van der Waals surface area (Å²) in [6.07, 6.45) is 2.98. The van der Waals surface area contributed by atoms with E-state index < -0.39 is 19.6 Å². The Bertz CT molecular complexity index is 480. The van der Waals surface area contributed by atoms with Gasteiger partial charge in [-0.2, -0.15) is 6.41 Å². The van der Waals surface area contributed by atoms with Crippen molar-refractivity contribution in [3.05, 3.63) is 0 Å². The molecule has 0 aromatic rings. The van der Waals surface area contributed by atoms with Crippen LogP contribution in [-0.4, -0.2) is 74.5 Å². The molecule has 0 aliphatic carbocycles. The van der Waals surface area contributed by atoms with Gasteiger partial charge in [-0.15, -0.1) is 0 Å². The fourth-order valence-electron chi connectivity index (χ4n) is 1.14. The standard InChI is InChI=1S/C6H11ClN2O2P.2C3H8ClOP.Rf/c1-12(7,11)9-4-2-8(6-10)3-5-9;2*1-3-6(2,4)5;/h2-5H2,1H3;2*3H2,1-2H3;/q-1;;;. The van der Waals surface area contributed by atoms with Crippen LogP contribution in [0.2, 0.25) is 0 Å². The van der Waals surface area contributed by atoms with Gasteiger partial charge in [0, 0.05) is 58.5 Å². The van der Waals surface area contributed by atoms with Crippen LogP contribution in [0, 0.1) is 0 Å². The van der Waals surface area contributed by atoms with E-state index in [1.165, 1.54) is 11.6 Å². The fraction of sp³-hybridized carbons (Fsp3) is 0.917. The minimum atomic E-state index is -2.63. The van der Waals surface area contributed by atoms with Gasteiger partial charge >= 0.3 is 0 Å². The predicted octanol–water partition coefficient (Wildman–Crippen LogP) is 5.04. The van der Waals surface area contributed by atoms with Crippen molar-refractivity contribution < 1.29 is 18.5 Å². The molecule has 1 amide bonds. The van der Waals surface area contributed by atoms with Crippen LogP contribution >= 0.6 is 53.4 Å². The summed E-state index contributed by atoms with van der Waals surface area (Å²) in [4.78, 5) is 11.7. The van der Waals surface area contributed by atoms with Gasteiger partial charge in [-0.25, -0.2) is 4.67 Å². The maximum absolute atomic E-state index is 11.3.